The number of hydrogen-bond acceptors (Lipinski definition) is 5. The molecule has 2 aromatic rings. The van der Waals surface area contributed by atoms with Crippen LogP contribution in [0.1, 0.15) is 23.2 Å². The molecule has 6 nitrogen and oxygen atoms in total. The molecule has 0 N–H and O–H groups in total. The summed E-state index contributed by atoms with van der Waals surface area (Å²) in [5.41, 5.74) is -0.137. The van der Waals surface area contributed by atoms with Gasteiger partial charge in [0.25, 0.3) is 5.91 Å². The van der Waals surface area contributed by atoms with E-state index in [1.165, 1.54) is 11.0 Å². The number of carbonyl (C=O) groups is 1. The Labute approximate surface area is 150 Å². The van der Waals surface area contributed by atoms with Crippen LogP contribution >= 0.6 is 0 Å². The molecule has 0 bridgehead atoms. The molecule has 1 aromatic carbocycles. The molecule has 0 spiro atoms. The van der Waals surface area contributed by atoms with Crippen molar-refractivity contribution in [1.29, 1.82) is 0 Å². The van der Waals surface area contributed by atoms with Crippen molar-refractivity contribution in [2.24, 2.45) is 0 Å². The molecule has 1 unspecified atom stereocenters. The number of ether oxygens (including phenoxy) is 1. The quantitative estimate of drug-likeness (QED) is 0.836. The van der Waals surface area contributed by atoms with Gasteiger partial charge in [-0.1, -0.05) is 0 Å². The molecule has 26 heavy (non-hydrogen) atoms. The number of nitrogens with zero attached hydrogens (tertiary/aromatic N) is 4. The summed E-state index contributed by atoms with van der Waals surface area (Å²) in [6.07, 6.45) is 1.23. The Morgan fingerprint density at radius 1 is 1.23 bits per heavy atom. The summed E-state index contributed by atoms with van der Waals surface area (Å²) < 4.78 is 32.7. The molecule has 8 heteroatoms. The number of halogens is 2. The Morgan fingerprint density at radius 3 is 2.69 bits per heavy atom. The minimum atomic E-state index is -0.858. The third-order valence-corrected chi connectivity index (χ3v) is 4.20. The molecule has 0 aliphatic carbocycles. The molecule has 0 radical (unpaired) electrons. The molecule has 1 saturated heterocycles. The maximum atomic E-state index is 13.9. The minimum absolute atomic E-state index is 0.137. The fourth-order valence-electron chi connectivity index (χ4n) is 2.84. The normalized spacial score (nSPS) is 17.1. The second-order valence-electron chi connectivity index (χ2n) is 6.38. The third kappa shape index (κ3) is 4.07. The van der Waals surface area contributed by atoms with Crippen LogP contribution in [0.25, 0.3) is 0 Å². The Kier molecular flexibility index (Phi) is 5.29. The molecule has 1 fully saturated rings. The lowest BCUT2D eigenvalue weighted by atomic mass is 10.1. The molecule has 3 rings (SSSR count). The molecular formula is C18H20F2N4O2. The monoisotopic (exact) mass is 362 g/mol. The van der Waals surface area contributed by atoms with E-state index in [0.29, 0.717) is 30.9 Å². The summed E-state index contributed by atoms with van der Waals surface area (Å²) in [5, 5.41) is 8.08. The minimum Gasteiger partial charge on any atom is -0.471 e. The zero-order chi connectivity index (χ0) is 18.7. The molecule has 1 aliphatic heterocycles. The van der Waals surface area contributed by atoms with E-state index >= 15 is 0 Å². The molecular weight excluding hydrogens is 342 g/mol. The smallest absolute Gasteiger partial charge is 0.256 e. The highest BCUT2D eigenvalue weighted by Crippen LogP contribution is 2.20. The number of aromatic nitrogens is 2. The predicted molar refractivity (Wildman–Crippen MR) is 92.3 cm³/mol. The van der Waals surface area contributed by atoms with Crippen LogP contribution in [0.5, 0.6) is 5.88 Å². The number of piperidine rings is 1. The molecule has 1 amide bonds. The van der Waals surface area contributed by atoms with Gasteiger partial charge in [-0.15, -0.1) is 10.2 Å². The van der Waals surface area contributed by atoms with Crippen molar-refractivity contribution in [3.05, 3.63) is 47.5 Å². The van der Waals surface area contributed by atoms with Crippen molar-refractivity contribution in [2.75, 3.05) is 32.1 Å². The second kappa shape index (κ2) is 7.63. The first-order valence-electron chi connectivity index (χ1n) is 8.36. The van der Waals surface area contributed by atoms with Crippen molar-refractivity contribution >= 4 is 11.7 Å². The molecule has 2 heterocycles. The zero-order valence-electron chi connectivity index (χ0n) is 14.7. The van der Waals surface area contributed by atoms with Gasteiger partial charge in [0.05, 0.1) is 12.1 Å². The van der Waals surface area contributed by atoms with E-state index in [1.807, 2.05) is 19.0 Å². The summed E-state index contributed by atoms with van der Waals surface area (Å²) in [6, 6.07) is 6.48. The van der Waals surface area contributed by atoms with Gasteiger partial charge in [0.1, 0.15) is 17.7 Å². The van der Waals surface area contributed by atoms with Crippen LogP contribution in [0.4, 0.5) is 14.6 Å². The van der Waals surface area contributed by atoms with E-state index in [0.717, 1.165) is 18.9 Å². The Morgan fingerprint density at radius 2 is 2.04 bits per heavy atom. The number of likely N-dealkylation sites (tertiary alicyclic amines) is 1. The largest absolute Gasteiger partial charge is 0.471 e. The fourth-order valence-corrected chi connectivity index (χ4v) is 2.84. The Balaban J connectivity index is 1.66. The van der Waals surface area contributed by atoms with Gasteiger partial charge in [-0.05, 0) is 31.0 Å². The molecule has 1 atom stereocenters. The summed E-state index contributed by atoms with van der Waals surface area (Å²) in [7, 11) is 3.73. The van der Waals surface area contributed by atoms with Crippen LogP contribution in [-0.2, 0) is 0 Å². The lowest BCUT2D eigenvalue weighted by Gasteiger charge is -2.32. The maximum Gasteiger partial charge on any atom is 0.256 e. The highest BCUT2D eigenvalue weighted by atomic mass is 19.1. The molecule has 138 valence electrons. The van der Waals surface area contributed by atoms with Gasteiger partial charge < -0.3 is 14.5 Å². The lowest BCUT2D eigenvalue weighted by molar-refractivity contribution is 0.0521. The van der Waals surface area contributed by atoms with Crippen molar-refractivity contribution in [3.8, 4) is 5.88 Å². The van der Waals surface area contributed by atoms with Gasteiger partial charge in [0.15, 0.2) is 5.82 Å². The molecule has 1 aromatic heterocycles. The van der Waals surface area contributed by atoms with E-state index in [1.54, 1.807) is 12.1 Å². The summed E-state index contributed by atoms with van der Waals surface area (Å²) in [5.74, 6) is -0.945. The average molecular weight is 362 g/mol. The number of anilines is 1. The Bertz CT molecular complexity index is 783. The average Bonchev–Trinajstić information content (AvgIpc) is 2.62. The van der Waals surface area contributed by atoms with Gasteiger partial charge in [-0.3, -0.25) is 4.79 Å². The van der Waals surface area contributed by atoms with Gasteiger partial charge in [0.2, 0.25) is 5.88 Å². The SMILES string of the molecule is CN(C)c1ccc(OC2CCCN(C(=O)c3ccc(F)cc3F)C2)nn1. The van der Waals surface area contributed by atoms with E-state index in [-0.39, 0.29) is 11.7 Å². The van der Waals surface area contributed by atoms with Crippen LogP contribution in [0.2, 0.25) is 0 Å². The highest BCUT2D eigenvalue weighted by molar-refractivity contribution is 5.94. The first kappa shape index (κ1) is 18.0. The van der Waals surface area contributed by atoms with Gasteiger partial charge >= 0.3 is 0 Å². The number of carbonyl (C=O) groups excluding carboxylic acids is 1. The van der Waals surface area contributed by atoms with Crippen LogP contribution in [-0.4, -0.2) is 54.3 Å². The van der Waals surface area contributed by atoms with Gasteiger partial charge in [-0.25, -0.2) is 8.78 Å². The second-order valence-corrected chi connectivity index (χ2v) is 6.38. The highest BCUT2D eigenvalue weighted by Gasteiger charge is 2.27. The third-order valence-electron chi connectivity index (χ3n) is 4.20. The van der Waals surface area contributed by atoms with Crippen LogP contribution in [0.15, 0.2) is 30.3 Å². The van der Waals surface area contributed by atoms with Crippen molar-refractivity contribution in [3.63, 3.8) is 0 Å². The Hall–Kier alpha value is -2.77. The van der Waals surface area contributed by atoms with Crippen LogP contribution in [0.3, 0.4) is 0 Å². The van der Waals surface area contributed by atoms with Crippen molar-refractivity contribution < 1.29 is 18.3 Å². The molecule has 1 aliphatic rings. The first-order valence-corrected chi connectivity index (χ1v) is 8.36. The topological polar surface area (TPSA) is 58.6 Å². The van der Waals surface area contributed by atoms with Gasteiger partial charge in [-0.2, -0.15) is 0 Å². The number of amides is 1. The molecule has 0 saturated carbocycles. The van der Waals surface area contributed by atoms with E-state index in [2.05, 4.69) is 10.2 Å². The van der Waals surface area contributed by atoms with Crippen LogP contribution < -0.4 is 9.64 Å². The van der Waals surface area contributed by atoms with E-state index in [4.69, 9.17) is 4.74 Å². The van der Waals surface area contributed by atoms with Crippen molar-refractivity contribution in [2.45, 2.75) is 18.9 Å². The van der Waals surface area contributed by atoms with Crippen molar-refractivity contribution in [1.82, 2.24) is 15.1 Å². The predicted octanol–water partition coefficient (Wildman–Crippen LogP) is 2.50. The maximum absolute atomic E-state index is 13.9. The number of rotatable bonds is 4. The van der Waals surface area contributed by atoms with Gasteiger partial charge in [0, 0.05) is 32.8 Å². The lowest BCUT2D eigenvalue weighted by Crippen LogP contribution is -2.44. The summed E-state index contributed by atoms with van der Waals surface area (Å²) >= 11 is 0. The summed E-state index contributed by atoms with van der Waals surface area (Å²) in [6.45, 7) is 0.813. The number of hydrogen-bond donors (Lipinski definition) is 0. The summed E-state index contributed by atoms with van der Waals surface area (Å²) in [4.78, 5) is 15.9. The first-order chi connectivity index (χ1) is 12.4. The van der Waals surface area contributed by atoms with Crippen LogP contribution in [0, 0.1) is 11.6 Å². The fraction of sp³-hybridized carbons (Fsp3) is 0.389. The van der Waals surface area contributed by atoms with E-state index < -0.39 is 17.5 Å². The zero-order valence-corrected chi connectivity index (χ0v) is 14.7. The standard InChI is InChI=1S/C18H20F2N4O2/c1-23(2)16-7-8-17(22-21-16)26-13-4-3-9-24(11-13)18(25)14-6-5-12(19)10-15(14)20/h5-8,10,13H,3-4,9,11H2,1-2H3. The number of benzene rings is 1. The van der Waals surface area contributed by atoms with E-state index in [9.17, 15) is 13.6 Å².